The molecule has 0 bridgehead atoms. The average Bonchev–Trinajstić information content (AvgIpc) is 3.63. The number of aliphatic carboxylic acids is 1. The molecule has 0 aliphatic carbocycles. The van der Waals surface area contributed by atoms with Crippen molar-refractivity contribution in [2.45, 2.75) is 56.3 Å². The van der Waals surface area contributed by atoms with Crippen LogP contribution in [0.2, 0.25) is 0 Å². The van der Waals surface area contributed by atoms with Crippen LogP contribution in [0.25, 0.3) is 21.8 Å². The number of hydrogen-bond acceptors (Lipinski definition) is 7. The van der Waals surface area contributed by atoms with Crippen LogP contribution >= 0.6 is 0 Å². The summed E-state index contributed by atoms with van der Waals surface area (Å²) < 4.78 is 0. The van der Waals surface area contributed by atoms with Crippen LogP contribution < -0.4 is 27.4 Å². The number of para-hydroxylation sites is 2. The van der Waals surface area contributed by atoms with Gasteiger partial charge in [0.25, 0.3) is 0 Å². The monoisotopic (exact) mass is 605 g/mol. The zero-order valence-electron chi connectivity index (χ0n) is 24.2. The number of aliphatic hydroxyl groups is 1. The van der Waals surface area contributed by atoms with Gasteiger partial charge >= 0.3 is 5.97 Å². The van der Waals surface area contributed by atoms with Crippen molar-refractivity contribution < 1.29 is 29.4 Å². The van der Waals surface area contributed by atoms with Gasteiger partial charge in [0.2, 0.25) is 17.7 Å². The summed E-state index contributed by atoms with van der Waals surface area (Å²) in [4.78, 5) is 58.2. The Hall–Kier alpha value is -4.72. The zero-order chi connectivity index (χ0) is 31.6. The lowest BCUT2D eigenvalue weighted by atomic mass is 10.0. The lowest BCUT2D eigenvalue weighted by molar-refractivity contribution is -0.142. The summed E-state index contributed by atoms with van der Waals surface area (Å²) >= 11 is 0. The molecule has 2 heterocycles. The van der Waals surface area contributed by atoms with E-state index in [9.17, 15) is 29.4 Å². The van der Waals surface area contributed by atoms with Crippen molar-refractivity contribution >= 4 is 45.5 Å². The number of carbonyl (C=O) groups excluding carboxylic acids is 3. The Kier molecular flexibility index (Phi) is 11.1. The first kappa shape index (κ1) is 32.2. The second-order valence-corrected chi connectivity index (χ2v) is 10.7. The van der Waals surface area contributed by atoms with E-state index in [1.54, 1.807) is 12.4 Å². The molecule has 0 aliphatic rings. The molecule has 4 unspecified atom stereocenters. The fourth-order valence-electron chi connectivity index (χ4n) is 5.12. The predicted molar refractivity (Wildman–Crippen MR) is 165 cm³/mol. The van der Waals surface area contributed by atoms with Gasteiger partial charge in [0.05, 0.1) is 6.61 Å². The van der Waals surface area contributed by atoms with Crippen LogP contribution in [0.1, 0.15) is 30.4 Å². The SMILES string of the molecule is NCCCCC(NC(=O)C(Cc1c[nH]c2ccccc12)NC(=O)C(N)CO)C(=O)NC(Cc1c[nH]c2ccccc12)C(=O)O. The van der Waals surface area contributed by atoms with Crippen molar-refractivity contribution in [2.24, 2.45) is 11.5 Å². The molecule has 4 aromatic rings. The molecule has 0 fully saturated rings. The van der Waals surface area contributed by atoms with Gasteiger partial charge in [0, 0.05) is 47.0 Å². The van der Waals surface area contributed by atoms with Gasteiger partial charge in [-0.15, -0.1) is 0 Å². The maximum absolute atomic E-state index is 13.7. The highest BCUT2D eigenvalue weighted by Crippen LogP contribution is 2.21. The first-order valence-corrected chi connectivity index (χ1v) is 14.5. The molecule has 13 heteroatoms. The number of aromatic amines is 2. The number of H-pyrrole nitrogens is 2. The maximum Gasteiger partial charge on any atom is 0.326 e. The number of unbranched alkanes of at least 4 members (excludes halogenated alkanes) is 1. The van der Waals surface area contributed by atoms with Crippen LogP contribution in [0.4, 0.5) is 0 Å². The molecule has 0 radical (unpaired) electrons. The number of rotatable bonds is 16. The molecular formula is C31H39N7O6. The minimum Gasteiger partial charge on any atom is -0.480 e. The van der Waals surface area contributed by atoms with E-state index in [0.29, 0.717) is 19.4 Å². The third kappa shape index (κ3) is 8.01. The topological polar surface area (TPSA) is 228 Å². The van der Waals surface area contributed by atoms with Gasteiger partial charge in [-0.05, 0) is 49.1 Å². The molecule has 2 aromatic heterocycles. The molecule has 0 spiro atoms. The summed E-state index contributed by atoms with van der Waals surface area (Å²) in [5, 5.41) is 28.9. The number of amides is 3. The van der Waals surface area contributed by atoms with Crippen LogP contribution in [-0.4, -0.2) is 81.2 Å². The molecule has 11 N–H and O–H groups in total. The Morgan fingerprint density at radius 3 is 1.77 bits per heavy atom. The number of fused-ring (bicyclic) bond motifs is 2. The highest BCUT2D eigenvalue weighted by molar-refractivity contribution is 5.95. The van der Waals surface area contributed by atoms with Gasteiger partial charge in [0.15, 0.2) is 0 Å². The van der Waals surface area contributed by atoms with Crippen molar-refractivity contribution in [2.75, 3.05) is 13.2 Å². The Balaban J connectivity index is 1.53. The molecule has 44 heavy (non-hydrogen) atoms. The van der Waals surface area contributed by atoms with Gasteiger partial charge in [0.1, 0.15) is 24.2 Å². The summed E-state index contributed by atoms with van der Waals surface area (Å²) in [6.45, 7) is -0.247. The highest BCUT2D eigenvalue weighted by atomic mass is 16.4. The van der Waals surface area contributed by atoms with Crippen LogP contribution in [0.15, 0.2) is 60.9 Å². The third-order valence-electron chi connectivity index (χ3n) is 7.56. The Morgan fingerprint density at radius 2 is 1.23 bits per heavy atom. The second kappa shape index (κ2) is 15.1. The largest absolute Gasteiger partial charge is 0.480 e. The molecule has 0 aliphatic heterocycles. The highest BCUT2D eigenvalue weighted by Gasteiger charge is 2.31. The normalized spacial score (nSPS) is 14.1. The molecule has 3 amide bonds. The fourth-order valence-corrected chi connectivity index (χ4v) is 5.12. The van der Waals surface area contributed by atoms with E-state index in [0.717, 1.165) is 32.9 Å². The smallest absolute Gasteiger partial charge is 0.326 e. The number of nitrogens with two attached hydrogens (primary N) is 2. The van der Waals surface area contributed by atoms with Crippen LogP contribution in [0.3, 0.4) is 0 Å². The van der Waals surface area contributed by atoms with E-state index in [4.69, 9.17) is 11.5 Å². The average molecular weight is 606 g/mol. The predicted octanol–water partition coefficient (Wildman–Crippen LogP) is 0.422. The summed E-state index contributed by atoms with van der Waals surface area (Å²) in [6, 6.07) is 10.1. The van der Waals surface area contributed by atoms with Gasteiger partial charge < -0.3 is 47.6 Å². The maximum atomic E-state index is 13.7. The Bertz CT molecular complexity index is 1600. The minimum atomic E-state index is -1.26. The van der Waals surface area contributed by atoms with E-state index >= 15 is 0 Å². The molecule has 4 atom stereocenters. The zero-order valence-corrected chi connectivity index (χ0v) is 24.2. The van der Waals surface area contributed by atoms with Crippen molar-refractivity contribution in [1.82, 2.24) is 25.9 Å². The van der Waals surface area contributed by atoms with Crippen molar-refractivity contribution in [3.63, 3.8) is 0 Å². The van der Waals surface area contributed by atoms with Crippen molar-refractivity contribution in [1.29, 1.82) is 0 Å². The van der Waals surface area contributed by atoms with Crippen molar-refractivity contribution in [3.05, 3.63) is 72.1 Å². The fraction of sp³-hybridized carbons (Fsp3) is 0.355. The van der Waals surface area contributed by atoms with Crippen LogP contribution in [0.5, 0.6) is 0 Å². The van der Waals surface area contributed by atoms with Gasteiger partial charge in [-0.1, -0.05) is 36.4 Å². The van der Waals surface area contributed by atoms with Crippen molar-refractivity contribution in [3.8, 4) is 0 Å². The van der Waals surface area contributed by atoms with E-state index in [1.165, 1.54) is 0 Å². The van der Waals surface area contributed by atoms with Gasteiger partial charge in [-0.2, -0.15) is 0 Å². The standard InChI is InChI=1S/C31H39N7O6/c32-12-6-5-11-25(29(41)38-27(31(43)44)14-19-16-35-24-10-4-2-8-21(19)24)36-30(42)26(37-28(40)22(33)17-39)13-18-15-34-23-9-3-1-7-20(18)23/h1-4,7-10,15-16,22,25-27,34-35,39H,5-6,11-14,17,32-33H2,(H,36,42)(H,37,40)(H,38,41)(H,43,44). The number of hydrogen-bond donors (Lipinski definition) is 9. The van der Waals surface area contributed by atoms with E-state index < -0.39 is 54.5 Å². The summed E-state index contributed by atoms with van der Waals surface area (Å²) in [5.41, 5.74) is 14.5. The molecule has 0 saturated heterocycles. The van der Waals surface area contributed by atoms with E-state index in [1.807, 2.05) is 48.5 Å². The number of aliphatic hydroxyl groups excluding tert-OH is 1. The lowest BCUT2D eigenvalue weighted by Crippen LogP contribution is -2.58. The number of carboxylic acid groups (broad SMARTS) is 1. The Morgan fingerprint density at radius 1 is 0.727 bits per heavy atom. The number of carboxylic acids is 1. The molecule has 4 rings (SSSR count). The molecule has 2 aromatic carbocycles. The molecule has 0 saturated carbocycles. The molecular weight excluding hydrogens is 566 g/mol. The number of aromatic nitrogens is 2. The van der Waals surface area contributed by atoms with Crippen LogP contribution in [-0.2, 0) is 32.0 Å². The first-order valence-electron chi connectivity index (χ1n) is 14.5. The third-order valence-corrected chi connectivity index (χ3v) is 7.56. The summed E-state index contributed by atoms with van der Waals surface area (Å²) in [5.74, 6) is -3.29. The quantitative estimate of drug-likeness (QED) is 0.0811. The van der Waals surface area contributed by atoms with E-state index in [2.05, 4.69) is 25.9 Å². The second-order valence-electron chi connectivity index (χ2n) is 10.7. The van der Waals surface area contributed by atoms with Gasteiger partial charge in [-0.25, -0.2) is 4.79 Å². The lowest BCUT2D eigenvalue weighted by Gasteiger charge is -2.25. The van der Waals surface area contributed by atoms with Crippen LogP contribution in [0, 0.1) is 0 Å². The number of carbonyl (C=O) groups is 4. The summed E-state index contributed by atoms with van der Waals surface area (Å²) in [6.07, 6.45) is 4.79. The number of benzene rings is 2. The molecule has 13 nitrogen and oxygen atoms in total. The number of nitrogens with one attached hydrogen (secondary N) is 5. The Labute approximate surface area is 253 Å². The van der Waals surface area contributed by atoms with Gasteiger partial charge in [-0.3, -0.25) is 14.4 Å². The summed E-state index contributed by atoms with van der Waals surface area (Å²) in [7, 11) is 0. The van der Waals surface area contributed by atoms with E-state index in [-0.39, 0.29) is 19.3 Å². The first-order chi connectivity index (χ1) is 21.2. The molecule has 234 valence electrons. The minimum absolute atomic E-state index is 0.0207.